The first-order chi connectivity index (χ1) is 15.3. The number of hydrogen-bond donors (Lipinski definition) is 0. The molecule has 0 aliphatic heterocycles. The van der Waals surface area contributed by atoms with Crippen molar-refractivity contribution >= 4 is 0 Å². The average Bonchev–Trinajstić information content (AvgIpc) is 2.83. The Morgan fingerprint density at radius 1 is 0.742 bits per heavy atom. The third-order valence-corrected chi connectivity index (χ3v) is 6.76. The Kier molecular flexibility index (Phi) is 10.1. The topological polar surface area (TPSA) is 33.0 Å². The van der Waals surface area contributed by atoms with Crippen LogP contribution in [0, 0.1) is 11.3 Å². The third kappa shape index (κ3) is 7.82. The van der Waals surface area contributed by atoms with Gasteiger partial charge < -0.3 is 4.74 Å². The molecular formula is C29H39NO. The van der Waals surface area contributed by atoms with Gasteiger partial charge in [0.2, 0.25) is 0 Å². The summed E-state index contributed by atoms with van der Waals surface area (Å²) in [6, 6.07) is 19.0. The SMILES string of the molecule is CCCCCCCCCCOC1CCC(c2ccc(-c3ccc(C#N)cc3)cc2)CC1. The summed E-state index contributed by atoms with van der Waals surface area (Å²) in [7, 11) is 0. The van der Waals surface area contributed by atoms with Gasteiger partial charge in [0, 0.05) is 6.61 Å². The Morgan fingerprint density at radius 2 is 1.29 bits per heavy atom. The Hall–Kier alpha value is -2.11. The van der Waals surface area contributed by atoms with Gasteiger partial charge in [-0.15, -0.1) is 0 Å². The second-order valence-electron chi connectivity index (χ2n) is 9.13. The van der Waals surface area contributed by atoms with Gasteiger partial charge in [-0.3, -0.25) is 0 Å². The van der Waals surface area contributed by atoms with E-state index in [2.05, 4.69) is 37.3 Å². The van der Waals surface area contributed by atoms with Gasteiger partial charge in [-0.2, -0.15) is 5.26 Å². The van der Waals surface area contributed by atoms with Crippen LogP contribution in [-0.4, -0.2) is 12.7 Å². The quantitative estimate of drug-likeness (QED) is 0.325. The van der Waals surface area contributed by atoms with Crippen LogP contribution in [-0.2, 0) is 4.74 Å². The number of rotatable bonds is 12. The van der Waals surface area contributed by atoms with Crippen molar-refractivity contribution < 1.29 is 4.74 Å². The minimum Gasteiger partial charge on any atom is -0.378 e. The number of nitriles is 1. The summed E-state index contributed by atoms with van der Waals surface area (Å²) < 4.78 is 6.19. The Bertz CT molecular complexity index is 779. The zero-order valence-corrected chi connectivity index (χ0v) is 19.3. The molecule has 2 aromatic rings. The highest BCUT2D eigenvalue weighted by Crippen LogP contribution is 2.35. The van der Waals surface area contributed by atoms with Gasteiger partial charge in [-0.05, 0) is 66.8 Å². The molecule has 3 rings (SSSR count). The maximum Gasteiger partial charge on any atom is 0.0991 e. The van der Waals surface area contributed by atoms with E-state index >= 15 is 0 Å². The molecule has 2 heteroatoms. The molecule has 0 unspecified atom stereocenters. The summed E-state index contributed by atoms with van der Waals surface area (Å²) >= 11 is 0. The van der Waals surface area contributed by atoms with E-state index in [0.717, 1.165) is 6.61 Å². The molecule has 1 aliphatic rings. The van der Waals surface area contributed by atoms with E-state index in [1.807, 2.05) is 24.3 Å². The van der Waals surface area contributed by atoms with Crippen molar-refractivity contribution in [3.05, 3.63) is 59.7 Å². The van der Waals surface area contributed by atoms with Crippen molar-refractivity contribution in [1.29, 1.82) is 5.26 Å². The van der Waals surface area contributed by atoms with Crippen LogP contribution in [0.25, 0.3) is 11.1 Å². The van der Waals surface area contributed by atoms with Crippen LogP contribution < -0.4 is 0 Å². The molecule has 2 aromatic carbocycles. The molecule has 0 saturated heterocycles. The Labute approximate surface area is 189 Å². The van der Waals surface area contributed by atoms with Crippen molar-refractivity contribution in [2.24, 2.45) is 0 Å². The van der Waals surface area contributed by atoms with Gasteiger partial charge in [0.05, 0.1) is 17.7 Å². The fourth-order valence-corrected chi connectivity index (χ4v) is 4.73. The van der Waals surface area contributed by atoms with Crippen molar-refractivity contribution in [3.63, 3.8) is 0 Å². The van der Waals surface area contributed by atoms with Crippen molar-refractivity contribution in [1.82, 2.24) is 0 Å². The summed E-state index contributed by atoms with van der Waals surface area (Å²) in [6.45, 7) is 3.23. The van der Waals surface area contributed by atoms with Gasteiger partial charge in [0.15, 0.2) is 0 Å². The molecule has 2 nitrogen and oxygen atoms in total. The molecule has 0 atom stereocenters. The van der Waals surface area contributed by atoms with E-state index in [9.17, 15) is 0 Å². The molecule has 0 aromatic heterocycles. The van der Waals surface area contributed by atoms with Crippen molar-refractivity contribution in [2.45, 2.75) is 96.0 Å². The monoisotopic (exact) mass is 417 g/mol. The summed E-state index contributed by atoms with van der Waals surface area (Å²) in [5.74, 6) is 0.665. The summed E-state index contributed by atoms with van der Waals surface area (Å²) in [5, 5.41) is 8.95. The minimum atomic E-state index is 0.471. The third-order valence-electron chi connectivity index (χ3n) is 6.76. The lowest BCUT2D eigenvalue weighted by Gasteiger charge is -2.29. The second kappa shape index (κ2) is 13.3. The molecule has 0 amide bonds. The lowest BCUT2D eigenvalue weighted by Crippen LogP contribution is -2.21. The van der Waals surface area contributed by atoms with Gasteiger partial charge in [-0.1, -0.05) is 88.3 Å². The van der Waals surface area contributed by atoms with Crippen molar-refractivity contribution in [3.8, 4) is 17.2 Å². The minimum absolute atomic E-state index is 0.471. The molecule has 166 valence electrons. The van der Waals surface area contributed by atoms with E-state index in [-0.39, 0.29) is 0 Å². The molecule has 1 aliphatic carbocycles. The smallest absolute Gasteiger partial charge is 0.0991 e. The van der Waals surface area contributed by atoms with Crippen LogP contribution in [0.4, 0.5) is 0 Å². The fraction of sp³-hybridized carbons (Fsp3) is 0.552. The summed E-state index contributed by atoms with van der Waals surface area (Å²) in [6.07, 6.45) is 16.2. The van der Waals surface area contributed by atoms with Crippen LogP contribution in [0.5, 0.6) is 0 Å². The molecule has 1 fully saturated rings. The molecule has 0 spiro atoms. The van der Waals surface area contributed by atoms with E-state index in [1.165, 1.54) is 93.7 Å². The highest BCUT2D eigenvalue weighted by molar-refractivity contribution is 5.64. The molecule has 0 radical (unpaired) electrons. The van der Waals surface area contributed by atoms with Crippen LogP contribution in [0.1, 0.15) is 101 Å². The molecule has 1 saturated carbocycles. The number of nitrogens with zero attached hydrogens (tertiary/aromatic N) is 1. The van der Waals surface area contributed by atoms with Crippen molar-refractivity contribution in [2.75, 3.05) is 6.61 Å². The predicted octanol–water partition coefficient (Wildman–Crippen LogP) is 8.41. The average molecular weight is 418 g/mol. The Morgan fingerprint density at radius 3 is 1.87 bits per heavy atom. The van der Waals surface area contributed by atoms with Crippen LogP contribution in [0.3, 0.4) is 0 Å². The van der Waals surface area contributed by atoms with Gasteiger partial charge >= 0.3 is 0 Å². The largest absolute Gasteiger partial charge is 0.378 e. The summed E-state index contributed by atoms with van der Waals surface area (Å²) in [4.78, 5) is 0. The molecule has 0 heterocycles. The highest BCUT2D eigenvalue weighted by Gasteiger charge is 2.22. The lowest BCUT2D eigenvalue weighted by atomic mass is 9.82. The molecular weight excluding hydrogens is 378 g/mol. The normalized spacial score (nSPS) is 18.6. The van der Waals surface area contributed by atoms with Gasteiger partial charge in [0.25, 0.3) is 0 Å². The van der Waals surface area contributed by atoms with E-state index in [0.29, 0.717) is 17.6 Å². The fourth-order valence-electron chi connectivity index (χ4n) is 4.73. The van der Waals surface area contributed by atoms with E-state index in [1.54, 1.807) is 0 Å². The Balaban J connectivity index is 1.33. The lowest BCUT2D eigenvalue weighted by molar-refractivity contribution is 0.0226. The standard InChI is InChI=1S/C29H39NO/c1-2-3-4-5-6-7-8-9-22-31-29-20-18-28(19-21-29)27-16-14-26(15-17-27)25-12-10-24(23-30)11-13-25/h10-17,28-29H,2-9,18-22H2,1H3. The number of benzene rings is 2. The molecule has 0 bridgehead atoms. The maximum absolute atomic E-state index is 8.95. The van der Waals surface area contributed by atoms with E-state index < -0.39 is 0 Å². The second-order valence-corrected chi connectivity index (χ2v) is 9.13. The van der Waals surface area contributed by atoms with Gasteiger partial charge in [0.1, 0.15) is 0 Å². The van der Waals surface area contributed by atoms with E-state index in [4.69, 9.17) is 10.00 Å². The number of ether oxygens (including phenoxy) is 1. The van der Waals surface area contributed by atoms with Crippen LogP contribution in [0.2, 0.25) is 0 Å². The predicted molar refractivity (Wildman–Crippen MR) is 130 cm³/mol. The number of hydrogen-bond acceptors (Lipinski definition) is 2. The maximum atomic E-state index is 8.95. The van der Waals surface area contributed by atoms with Crippen LogP contribution in [0.15, 0.2) is 48.5 Å². The summed E-state index contributed by atoms with van der Waals surface area (Å²) in [5.41, 5.74) is 4.56. The first kappa shape index (κ1) is 23.6. The molecule has 31 heavy (non-hydrogen) atoms. The first-order valence-electron chi connectivity index (χ1n) is 12.5. The molecule has 0 N–H and O–H groups in total. The highest BCUT2D eigenvalue weighted by atomic mass is 16.5. The van der Waals surface area contributed by atoms with Crippen LogP contribution >= 0.6 is 0 Å². The first-order valence-corrected chi connectivity index (χ1v) is 12.5. The zero-order chi connectivity index (χ0) is 21.7. The number of unbranched alkanes of at least 4 members (excludes halogenated alkanes) is 7. The van der Waals surface area contributed by atoms with Gasteiger partial charge in [-0.25, -0.2) is 0 Å². The zero-order valence-electron chi connectivity index (χ0n) is 19.3.